The molecular formula is C23H27N5O4. The van der Waals surface area contributed by atoms with Gasteiger partial charge in [0.15, 0.2) is 11.5 Å². The molecule has 3 aliphatic rings. The predicted octanol–water partition coefficient (Wildman–Crippen LogP) is 1.20. The third-order valence-electron chi connectivity index (χ3n) is 6.37. The summed E-state index contributed by atoms with van der Waals surface area (Å²) in [6, 6.07) is 9.17. The van der Waals surface area contributed by atoms with Gasteiger partial charge in [-0.25, -0.2) is 9.97 Å². The lowest BCUT2D eigenvalue weighted by molar-refractivity contribution is -0.147. The molecule has 4 heterocycles. The normalized spacial score (nSPS) is 21.4. The highest BCUT2D eigenvalue weighted by molar-refractivity contribution is 5.83. The number of ether oxygens (including phenoxy) is 2. The van der Waals surface area contributed by atoms with Gasteiger partial charge in [0, 0.05) is 57.6 Å². The number of fused-ring (bicyclic) bond motifs is 1. The van der Waals surface area contributed by atoms with E-state index >= 15 is 0 Å². The highest BCUT2D eigenvalue weighted by Gasteiger charge is 2.35. The van der Waals surface area contributed by atoms with Crippen LogP contribution in [0.4, 0.5) is 5.95 Å². The topological polar surface area (TPSA) is 88.1 Å². The van der Waals surface area contributed by atoms with Gasteiger partial charge in [-0.15, -0.1) is 0 Å². The highest BCUT2D eigenvalue weighted by atomic mass is 16.6. The molecule has 1 aromatic carbocycles. The van der Waals surface area contributed by atoms with Crippen molar-refractivity contribution in [2.45, 2.75) is 18.9 Å². The maximum Gasteiger partial charge on any atom is 0.267 e. The molecule has 0 saturated carbocycles. The van der Waals surface area contributed by atoms with Gasteiger partial charge in [0.05, 0.1) is 0 Å². The minimum absolute atomic E-state index is 0.0174. The molecule has 3 aliphatic heterocycles. The van der Waals surface area contributed by atoms with Crippen LogP contribution >= 0.6 is 0 Å². The fourth-order valence-electron chi connectivity index (χ4n) is 4.53. The van der Waals surface area contributed by atoms with Crippen molar-refractivity contribution in [1.29, 1.82) is 0 Å². The molecule has 9 heteroatoms. The van der Waals surface area contributed by atoms with E-state index in [9.17, 15) is 9.59 Å². The van der Waals surface area contributed by atoms with Crippen LogP contribution in [0.15, 0.2) is 42.7 Å². The van der Waals surface area contributed by atoms with Crippen LogP contribution in [0.2, 0.25) is 0 Å². The summed E-state index contributed by atoms with van der Waals surface area (Å²) in [4.78, 5) is 40.4. The first-order valence-corrected chi connectivity index (χ1v) is 11.2. The second kappa shape index (κ2) is 9.02. The van der Waals surface area contributed by atoms with Crippen LogP contribution in [0.5, 0.6) is 11.5 Å². The van der Waals surface area contributed by atoms with Crippen LogP contribution in [0, 0.1) is 5.92 Å². The Balaban J connectivity index is 1.10. The molecule has 168 valence electrons. The number of rotatable bonds is 3. The zero-order valence-corrected chi connectivity index (χ0v) is 17.9. The molecule has 2 fully saturated rings. The summed E-state index contributed by atoms with van der Waals surface area (Å²) in [5.41, 5.74) is 0. The average molecular weight is 438 g/mol. The summed E-state index contributed by atoms with van der Waals surface area (Å²) in [7, 11) is 0. The number of hydrogen-bond acceptors (Lipinski definition) is 7. The van der Waals surface area contributed by atoms with Gasteiger partial charge in [0.1, 0.15) is 6.61 Å². The second-order valence-corrected chi connectivity index (χ2v) is 8.32. The number of aromatic nitrogens is 2. The Morgan fingerprint density at radius 1 is 0.812 bits per heavy atom. The molecule has 0 spiro atoms. The van der Waals surface area contributed by atoms with E-state index in [4.69, 9.17) is 9.47 Å². The Labute approximate surface area is 186 Å². The molecule has 9 nitrogen and oxygen atoms in total. The molecule has 0 bridgehead atoms. The summed E-state index contributed by atoms with van der Waals surface area (Å²) in [5.74, 6) is 2.11. The van der Waals surface area contributed by atoms with Crippen molar-refractivity contribution in [2.24, 2.45) is 5.92 Å². The number of piperazine rings is 1. The Morgan fingerprint density at radius 3 is 2.12 bits per heavy atom. The molecule has 2 amide bonds. The van der Waals surface area contributed by atoms with E-state index < -0.39 is 6.10 Å². The number of carbonyl (C=O) groups is 2. The van der Waals surface area contributed by atoms with Gasteiger partial charge in [0.25, 0.3) is 5.91 Å². The third-order valence-corrected chi connectivity index (χ3v) is 6.37. The Hall–Kier alpha value is -3.36. The van der Waals surface area contributed by atoms with Crippen LogP contribution in [0.3, 0.4) is 0 Å². The number of para-hydroxylation sites is 2. The van der Waals surface area contributed by atoms with Gasteiger partial charge < -0.3 is 24.2 Å². The molecule has 0 unspecified atom stereocenters. The van der Waals surface area contributed by atoms with E-state index in [0.717, 1.165) is 31.9 Å². The van der Waals surface area contributed by atoms with Gasteiger partial charge in [-0.2, -0.15) is 0 Å². The SMILES string of the molecule is O=C(C1CCN(c2ncccn2)CC1)N1CCN(C(=O)[C@H]2COc3ccccc3O2)CC1. The lowest BCUT2D eigenvalue weighted by atomic mass is 9.95. The molecule has 2 aromatic rings. The van der Waals surface area contributed by atoms with Crippen molar-refractivity contribution in [3.63, 3.8) is 0 Å². The first-order chi connectivity index (χ1) is 15.7. The van der Waals surface area contributed by atoms with Gasteiger partial charge in [-0.05, 0) is 31.0 Å². The summed E-state index contributed by atoms with van der Waals surface area (Å²) in [6.45, 7) is 3.90. The molecule has 32 heavy (non-hydrogen) atoms. The Bertz CT molecular complexity index is 956. The maximum absolute atomic E-state index is 13.0. The van der Waals surface area contributed by atoms with Crippen molar-refractivity contribution in [2.75, 3.05) is 50.8 Å². The summed E-state index contributed by atoms with van der Waals surface area (Å²) < 4.78 is 11.5. The lowest BCUT2D eigenvalue weighted by Crippen LogP contribution is -2.56. The van der Waals surface area contributed by atoms with Crippen LogP contribution in [-0.2, 0) is 9.59 Å². The number of nitrogens with zero attached hydrogens (tertiary/aromatic N) is 5. The molecule has 1 atom stereocenters. The molecule has 0 aliphatic carbocycles. The second-order valence-electron chi connectivity index (χ2n) is 8.32. The quantitative estimate of drug-likeness (QED) is 0.713. The van der Waals surface area contributed by atoms with Crippen molar-refractivity contribution >= 4 is 17.8 Å². The number of piperidine rings is 1. The fraction of sp³-hybridized carbons (Fsp3) is 0.478. The number of anilines is 1. The average Bonchev–Trinajstić information content (AvgIpc) is 2.88. The van der Waals surface area contributed by atoms with E-state index in [-0.39, 0.29) is 24.3 Å². The zero-order chi connectivity index (χ0) is 21.9. The van der Waals surface area contributed by atoms with Gasteiger partial charge in [0.2, 0.25) is 18.0 Å². The van der Waals surface area contributed by atoms with Crippen molar-refractivity contribution in [3.05, 3.63) is 42.7 Å². The third kappa shape index (κ3) is 4.19. The molecule has 5 rings (SSSR count). The van der Waals surface area contributed by atoms with E-state index in [1.165, 1.54) is 0 Å². The number of hydrogen-bond donors (Lipinski definition) is 0. The smallest absolute Gasteiger partial charge is 0.267 e. The minimum Gasteiger partial charge on any atom is -0.485 e. The predicted molar refractivity (Wildman–Crippen MR) is 116 cm³/mol. The van der Waals surface area contributed by atoms with Crippen LogP contribution in [0.25, 0.3) is 0 Å². The monoisotopic (exact) mass is 437 g/mol. The minimum atomic E-state index is -0.642. The van der Waals surface area contributed by atoms with Crippen molar-refractivity contribution in [1.82, 2.24) is 19.8 Å². The standard InChI is InChI=1S/C23H27N5O4/c29-21(17-6-10-28(11-7-17)23-24-8-3-9-25-23)26-12-14-27(15-13-26)22(30)20-16-31-18-4-1-2-5-19(18)32-20/h1-5,8-9,17,20H,6-7,10-16H2/t20-/m1/s1. The number of carbonyl (C=O) groups excluding carboxylic acids is 2. The highest BCUT2D eigenvalue weighted by Crippen LogP contribution is 2.31. The zero-order valence-electron chi connectivity index (χ0n) is 17.9. The number of amides is 2. The first kappa shape index (κ1) is 20.5. The van der Waals surface area contributed by atoms with Crippen LogP contribution in [0.1, 0.15) is 12.8 Å². The van der Waals surface area contributed by atoms with E-state index in [2.05, 4.69) is 14.9 Å². The van der Waals surface area contributed by atoms with E-state index in [1.54, 1.807) is 29.4 Å². The molecule has 0 N–H and O–H groups in total. The summed E-state index contributed by atoms with van der Waals surface area (Å²) in [6.07, 6.45) is 4.43. The largest absolute Gasteiger partial charge is 0.485 e. The molecule has 1 aromatic heterocycles. The van der Waals surface area contributed by atoms with Gasteiger partial charge >= 0.3 is 0 Å². The van der Waals surface area contributed by atoms with E-state index in [0.29, 0.717) is 37.7 Å². The molecule has 0 radical (unpaired) electrons. The van der Waals surface area contributed by atoms with Crippen molar-refractivity contribution < 1.29 is 19.1 Å². The fourth-order valence-corrected chi connectivity index (χ4v) is 4.53. The van der Waals surface area contributed by atoms with Gasteiger partial charge in [-0.1, -0.05) is 12.1 Å². The van der Waals surface area contributed by atoms with Crippen LogP contribution < -0.4 is 14.4 Å². The Kier molecular flexibility index (Phi) is 5.79. The van der Waals surface area contributed by atoms with Gasteiger partial charge in [-0.3, -0.25) is 9.59 Å². The Morgan fingerprint density at radius 2 is 1.44 bits per heavy atom. The molecule has 2 saturated heterocycles. The summed E-state index contributed by atoms with van der Waals surface area (Å²) >= 11 is 0. The first-order valence-electron chi connectivity index (χ1n) is 11.2. The number of benzene rings is 1. The lowest BCUT2D eigenvalue weighted by Gasteiger charge is -2.39. The molecular weight excluding hydrogens is 410 g/mol. The maximum atomic E-state index is 13.0. The summed E-state index contributed by atoms with van der Waals surface area (Å²) in [5, 5.41) is 0. The van der Waals surface area contributed by atoms with Crippen LogP contribution in [-0.4, -0.2) is 83.6 Å². The van der Waals surface area contributed by atoms with Crippen molar-refractivity contribution in [3.8, 4) is 11.5 Å². The van der Waals surface area contributed by atoms with E-state index in [1.807, 2.05) is 23.1 Å².